The van der Waals surface area contributed by atoms with Crippen molar-refractivity contribution in [1.29, 1.82) is 0 Å². The summed E-state index contributed by atoms with van der Waals surface area (Å²) < 4.78 is 39.2. The van der Waals surface area contributed by atoms with Crippen LogP contribution in [0.15, 0.2) is 23.1 Å². The first-order valence-electron chi connectivity index (χ1n) is 5.85. The third kappa shape index (κ3) is 4.51. The molecule has 9 heteroatoms. The minimum atomic E-state index is -3.92. The molecule has 1 rings (SSSR count). The quantitative estimate of drug-likeness (QED) is 0.446. The number of aliphatic hydroxyl groups excluding tert-OH is 1. The summed E-state index contributed by atoms with van der Waals surface area (Å²) >= 11 is 0. The lowest BCUT2D eigenvalue weighted by molar-refractivity contribution is -0.387. The van der Waals surface area contributed by atoms with Crippen LogP contribution in [0.5, 0.6) is 0 Å². The molecule has 7 nitrogen and oxygen atoms in total. The molecule has 0 bridgehead atoms. The lowest BCUT2D eigenvalue weighted by Gasteiger charge is -2.07. The first kappa shape index (κ1) is 16.5. The van der Waals surface area contributed by atoms with E-state index in [1.807, 2.05) is 0 Å². The summed E-state index contributed by atoms with van der Waals surface area (Å²) in [5.74, 6) is -1.21. The number of nitrogens with zero attached hydrogens (tertiary/aromatic N) is 1. The molecule has 0 radical (unpaired) electrons. The largest absolute Gasteiger partial charge is 0.393 e. The van der Waals surface area contributed by atoms with Crippen molar-refractivity contribution < 1.29 is 22.8 Å². The van der Waals surface area contributed by atoms with Gasteiger partial charge < -0.3 is 5.11 Å². The van der Waals surface area contributed by atoms with E-state index in [1.165, 1.54) is 0 Å². The van der Waals surface area contributed by atoms with Crippen molar-refractivity contribution >= 4 is 15.7 Å². The van der Waals surface area contributed by atoms with Crippen molar-refractivity contribution in [2.75, 3.05) is 6.54 Å². The van der Waals surface area contributed by atoms with Gasteiger partial charge in [-0.05, 0) is 25.8 Å². The van der Waals surface area contributed by atoms with Gasteiger partial charge in [-0.15, -0.1) is 0 Å². The highest BCUT2D eigenvalue weighted by atomic mass is 32.2. The zero-order valence-electron chi connectivity index (χ0n) is 10.7. The molecule has 0 saturated carbocycles. The van der Waals surface area contributed by atoms with Crippen LogP contribution in [0.25, 0.3) is 0 Å². The molecule has 0 spiro atoms. The molecular formula is C11H15FN2O5S. The van der Waals surface area contributed by atoms with E-state index in [4.69, 9.17) is 5.11 Å². The standard InChI is InChI=1S/C11H15FN2O5S/c1-8(15)3-2-6-13-20(18,19)9-4-5-11(14(16)17)10(12)7-9/h4-5,7-8,13,15H,2-3,6H2,1H3. The van der Waals surface area contributed by atoms with Gasteiger partial charge in [-0.3, -0.25) is 10.1 Å². The van der Waals surface area contributed by atoms with Crippen LogP contribution in [-0.4, -0.2) is 31.1 Å². The smallest absolute Gasteiger partial charge is 0.304 e. The summed E-state index contributed by atoms with van der Waals surface area (Å²) in [6.07, 6.45) is 0.320. The van der Waals surface area contributed by atoms with Gasteiger partial charge in [0.15, 0.2) is 0 Å². The highest BCUT2D eigenvalue weighted by Crippen LogP contribution is 2.20. The predicted molar refractivity (Wildman–Crippen MR) is 69.2 cm³/mol. The molecule has 2 N–H and O–H groups in total. The summed E-state index contributed by atoms with van der Waals surface area (Å²) in [4.78, 5) is 9.13. The van der Waals surface area contributed by atoms with E-state index in [0.717, 1.165) is 12.1 Å². The molecule has 0 amide bonds. The molecule has 0 aromatic heterocycles. The maximum absolute atomic E-state index is 13.4. The summed E-state index contributed by atoms with van der Waals surface area (Å²) in [7, 11) is -3.92. The van der Waals surface area contributed by atoms with E-state index < -0.39 is 32.6 Å². The fourth-order valence-corrected chi connectivity index (χ4v) is 2.58. The normalized spacial score (nSPS) is 13.2. The van der Waals surface area contributed by atoms with Crippen molar-refractivity contribution in [1.82, 2.24) is 4.72 Å². The van der Waals surface area contributed by atoms with Gasteiger partial charge in [-0.25, -0.2) is 13.1 Å². The number of nitrogens with one attached hydrogen (secondary N) is 1. The summed E-state index contributed by atoms with van der Waals surface area (Å²) in [6.45, 7) is 1.67. The second-order valence-electron chi connectivity index (χ2n) is 4.26. The molecule has 112 valence electrons. The number of sulfonamides is 1. The Morgan fingerprint density at radius 1 is 1.50 bits per heavy atom. The molecule has 0 aliphatic heterocycles. The number of nitro benzene ring substituents is 1. The number of nitro groups is 1. The van der Waals surface area contributed by atoms with E-state index in [-0.39, 0.29) is 11.4 Å². The van der Waals surface area contributed by atoms with Gasteiger partial charge in [0, 0.05) is 18.7 Å². The van der Waals surface area contributed by atoms with Crippen molar-refractivity contribution in [2.24, 2.45) is 0 Å². The van der Waals surface area contributed by atoms with E-state index in [2.05, 4.69) is 4.72 Å². The maximum Gasteiger partial charge on any atom is 0.304 e. The molecule has 0 aliphatic rings. The zero-order chi connectivity index (χ0) is 15.3. The average Bonchev–Trinajstić information content (AvgIpc) is 2.34. The van der Waals surface area contributed by atoms with Gasteiger partial charge in [0.25, 0.3) is 0 Å². The number of benzene rings is 1. The van der Waals surface area contributed by atoms with Gasteiger partial charge in [-0.2, -0.15) is 4.39 Å². The van der Waals surface area contributed by atoms with Crippen molar-refractivity contribution in [3.63, 3.8) is 0 Å². The lowest BCUT2D eigenvalue weighted by atomic mass is 10.2. The van der Waals surface area contributed by atoms with Crippen LogP contribution in [-0.2, 0) is 10.0 Å². The van der Waals surface area contributed by atoms with E-state index >= 15 is 0 Å². The van der Waals surface area contributed by atoms with Gasteiger partial charge in [0.05, 0.1) is 15.9 Å². The Morgan fingerprint density at radius 2 is 2.15 bits per heavy atom. The number of rotatable bonds is 7. The second-order valence-corrected chi connectivity index (χ2v) is 6.03. The first-order chi connectivity index (χ1) is 9.24. The number of hydrogen-bond acceptors (Lipinski definition) is 5. The van der Waals surface area contributed by atoms with Crippen LogP contribution in [0.4, 0.5) is 10.1 Å². The lowest BCUT2D eigenvalue weighted by Crippen LogP contribution is -2.25. The SMILES string of the molecule is CC(O)CCCNS(=O)(=O)c1ccc([N+](=O)[O-])c(F)c1. The van der Waals surface area contributed by atoms with Gasteiger partial charge in [-0.1, -0.05) is 0 Å². The van der Waals surface area contributed by atoms with Crippen LogP contribution in [0.3, 0.4) is 0 Å². The molecule has 0 aliphatic carbocycles. The van der Waals surface area contributed by atoms with Crippen molar-refractivity contribution in [3.05, 3.63) is 34.1 Å². The Hall–Kier alpha value is -1.58. The van der Waals surface area contributed by atoms with Gasteiger partial charge >= 0.3 is 5.69 Å². The molecule has 0 fully saturated rings. The molecule has 1 aromatic rings. The molecule has 1 aromatic carbocycles. The van der Waals surface area contributed by atoms with Crippen LogP contribution in [0, 0.1) is 15.9 Å². The van der Waals surface area contributed by atoms with Gasteiger partial charge in [0.2, 0.25) is 15.8 Å². The summed E-state index contributed by atoms with van der Waals surface area (Å²) in [5.41, 5.74) is -0.780. The topological polar surface area (TPSA) is 110 Å². The van der Waals surface area contributed by atoms with Crippen LogP contribution < -0.4 is 4.72 Å². The Balaban J connectivity index is 2.78. The summed E-state index contributed by atoms with van der Waals surface area (Å²) in [6, 6.07) is 2.38. The van der Waals surface area contributed by atoms with Crippen molar-refractivity contribution in [3.8, 4) is 0 Å². The molecular weight excluding hydrogens is 291 g/mol. The average molecular weight is 306 g/mol. The molecule has 0 saturated heterocycles. The molecule has 20 heavy (non-hydrogen) atoms. The second kappa shape index (κ2) is 6.73. The Morgan fingerprint density at radius 3 is 2.65 bits per heavy atom. The highest BCUT2D eigenvalue weighted by molar-refractivity contribution is 7.89. The van der Waals surface area contributed by atoms with Crippen LogP contribution in [0.2, 0.25) is 0 Å². The monoisotopic (exact) mass is 306 g/mol. The Kier molecular flexibility index (Phi) is 5.54. The minimum absolute atomic E-state index is 0.0891. The molecule has 1 unspecified atom stereocenters. The van der Waals surface area contributed by atoms with Crippen molar-refractivity contribution in [2.45, 2.75) is 30.8 Å². The number of hydrogen-bond donors (Lipinski definition) is 2. The minimum Gasteiger partial charge on any atom is -0.393 e. The fourth-order valence-electron chi connectivity index (χ4n) is 1.49. The number of aliphatic hydroxyl groups is 1. The molecule has 0 heterocycles. The third-order valence-electron chi connectivity index (χ3n) is 2.52. The first-order valence-corrected chi connectivity index (χ1v) is 7.34. The summed E-state index contributed by atoms with van der Waals surface area (Å²) in [5, 5.41) is 19.5. The predicted octanol–water partition coefficient (Wildman–Crippen LogP) is 1.17. The fraction of sp³-hybridized carbons (Fsp3) is 0.455. The van der Waals surface area contributed by atoms with Crippen LogP contribution >= 0.6 is 0 Å². The van der Waals surface area contributed by atoms with Gasteiger partial charge in [0.1, 0.15) is 0 Å². The Bertz CT molecular complexity index is 588. The highest BCUT2D eigenvalue weighted by Gasteiger charge is 2.20. The zero-order valence-corrected chi connectivity index (χ0v) is 11.6. The van der Waals surface area contributed by atoms with Crippen LogP contribution in [0.1, 0.15) is 19.8 Å². The third-order valence-corrected chi connectivity index (χ3v) is 3.98. The Labute approximate surface area is 115 Å². The van der Waals surface area contributed by atoms with E-state index in [1.54, 1.807) is 6.92 Å². The number of halogens is 1. The van der Waals surface area contributed by atoms with E-state index in [9.17, 15) is 22.9 Å². The molecule has 1 atom stereocenters. The van der Waals surface area contributed by atoms with E-state index in [0.29, 0.717) is 18.9 Å². The maximum atomic E-state index is 13.4.